The van der Waals surface area contributed by atoms with Gasteiger partial charge in [0.1, 0.15) is 5.82 Å². The van der Waals surface area contributed by atoms with Crippen LogP contribution in [0.15, 0.2) is 53.0 Å². The van der Waals surface area contributed by atoms with Crippen LogP contribution in [-0.4, -0.2) is 37.1 Å². The summed E-state index contributed by atoms with van der Waals surface area (Å²) in [6, 6.07) is 13.9. The molecule has 1 N–H and O–H groups in total. The van der Waals surface area contributed by atoms with Crippen molar-refractivity contribution in [1.29, 1.82) is 0 Å². The van der Waals surface area contributed by atoms with Gasteiger partial charge in [0.25, 0.3) is 0 Å². The first-order valence-electron chi connectivity index (χ1n) is 7.44. The first-order valence-corrected chi connectivity index (χ1v) is 8.24. The topological polar surface area (TPSA) is 35.6 Å². The third-order valence-corrected chi connectivity index (χ3v) is 4.57. The maximum Gasteiger partial charge on any atom is 0.321 e. The molecule has 0 aromatic heterocycles. The number of rotatable bonds is 2. The molecule has 6 heteroatoms. The number of hydrogen-bond acceptors (Lipinski definition) is 2. The number of nitrogens with zero attached hydrogens (tertiary/aromatic N) is 2. The van der Waals surface area contributed by atoms with Crippen molar-refractivity contribution in [3.8, 4) is 0 Å². The number of para-hydroxylation sites is 1. The molecule has 2 amide bonds. The van der Waals surface area contributed by atoms with Crippen LogP contribution in [-0.2, 0) is 0 Å². The van der Waals surface area contributed by atoms with E-state index in [1.165, 1.54) is 12.1 Å². The highest BCUT2D eigenvalue weighted by Crippen LogP contribution is 2.22. The van der Waals surface area contributed by atoms with Crippen molar-refractivity contribution in [1.82, 2.24) is 4.90 Å². The second-order valence-corrected chi connectivity index (χ2v) is 6.21. The van der Waals surface area contributed by atoms with Gasteiger partial charge in [-0.3, -0.25) is 0 Å². The molecular formula is C17H17BrFN3O. The second-order valence-electron chi connectivity index (χ2n) is 5.36. The molecule has 120 valence electrons. The lowest BCUT2D eigenvalue weighted by Crippen LogP contribution is -2.50. The van der Waals surface area contributed by atoms with Gasteiger partial charge in [0.05, 0.1) is 5.69 Å². The summed E-state index contributed by atoms with van der Waals surface area (Å²) in [4.78, 5) is 16.3. The predicted molar refractivity (Wildman–Crippen MR) is 93.3 cm³/mol. The molecule has 23 heavy (non-hydrogen) atoms. The maximum absolute atomic E-state index is 13.0. The van der Waals surface area contributed by atoms with Crippen molar-refractivity contribution in [2.45, 2.75) is 0 Å². The highest BCUT2D eigenvalue weighted by atomic mass is 79.9. The second kappa shape index (κ2) is 7.00. The predicted octanol–water partition coefficient (Wildman–Crippen LogP) is 3.94. The van der Waals surface area contributed by atoms with Gasteiger partial charge in [-0.15, -0.1) is 0 Å². The van der Waals surface area contributed by atoms with Crippen LogP contribution in [0.4, 0.5) is 20.6 Å². The van der Waals surface area contributed by atoms with Crippen LogP contribution in [0.2, 0.25) is 0 Å². The third-order valence-electron chi connectivity index (χ3n) is 3.87. The van der Waals surface area contributed by atoms with Gasteiger partial charge in [-0.05, 0) is 52.3 Å². The molecule has 0 spiro atoms. The molecule has 0 atom stereocenters. The van der Waals surface area contributed by atoms with Gasteiger partial charge in [0.2, 0.25) is 0 Å². The molecule has 4 nitrogen and oxygen atoms in total. The summed E-state index contributed by atoms with van der Waals surface area (Å²) in [5.74, 6) is -0.236. The van der Waals surface area contributed by atoms with Gasteiger partial charge >= 0.3 is 6.03 Å². The van der Waals surface area contributed by atoms with E-state index in [4.69, 9.17) is 0 Å². The van der Waals surface area contributed by atoms with Crippen molar-refractivity contribution >= 4 is 33.3 Å². The molecule has 0 aliphatic carbocycles. The molecule has 1 aliphatic heterocycles. The normalized spacial score (nSPS) is 14.7. The number of carbonyl (C=O) groups is 1. The average molecular weight is 378 g/mol. The zero-order valence-electron chi connectivity index (χ0n) is 12.5. The number of anilines is 2. The van der Waals surface area contributed by atoms with Crippen molar-refractivity contribution in [2.24, 2.45) is 0 Å². The standard InChI is InChI=1S/C17H17BrFN3O/c18-15-3-1-2-4-16(15)20-17(23)22-11-9-21(10-12-22)14-7-5-13(19)6-8-14/h1-8H,9-12H2,(H,20,23). The SMILES string of the molecule is O=C(Nc1ccccc1Br)N1CCN(c2ccc(F)cc2)CC1. The van der Waals surface area contributed by atoms with Gasteiger partial charge in [-0.1, -0.05) is 12.1 Å². The summed E-state index contributed by atoms with van der Waals surface area (Å²) in [7, 11) is 0. The Morgan fingerprint density at radius 3 is 2.30 bits per heavy atom. The quantitative estimate of drug-likeness (QED) is 0.859. The Kier molecular flexibility index (Phi) is 4.81. The zero-order valence-corrected chi connectivity index (χ0v) is 14.1. The summed E-state index contributed by atoms with van der Waals surface area (Å²) < 4.78 is 13.8. The van der Waals surface area contributed by atoms with E-state index >= 15 is 0 Å². The molecule has 0 radical (unpaired) electrons. The van der Waals surface area contributed by atoms with Gasteiger partial charge < -0.3 is 15.1 Å². The van der Waals surface area contributed by atoms with Crippen molar-refractivity contribution in [3.63, 3.8) is 0 Å². The van der Waals surface area contributed by atoms with E-state index in [0.29, 0.717) is 13.1 Å². The number of carbonyl (C=O) groups excluding carboxylic acids is 1. The fraction of sp³-hybridized carbons (Fsp3) is 0.235. The Morgan fingerprint density at radius 1 is 1.00 bits per heavy atom. The first kappa shape index (κ1) is 15.8. The van der Waals surface area contributed by atoms with E-state index in [0.717, 1.165) is 28.9 Å². The van der Waals surface area contributed by atoms with Crippen molar-refractivity contribution in [3.05, 3.63) is 58.8 Å². The van der Waals surface area contributed by atoms with Gasteiger partial charge in [0.15, 0.2) is 0 Å². The molecule has 1 aliphatic rings. The van der Waals surface area contributed by atoms with Crippen LogP contribution < -0.4 is 10.2 Å². The number of halogens is 2. The Bertz CT molecular complexity index is 684. The number of nitrogens with one attached hydrogen (secondary N) is 1. The minimum atomic E-state index is -0.236. The molecule has 0 bridgehead atoms. The lowest BCUT2D eigenvalue weighted by Gasteiger charge is -2.36. The highest BCUT2D eigenvalue weighted by molar-refractivity contribution is 9.10. The van der Waals surface area contributed by atoms with Crippen LogP contribution in [0.5, 0.6) is 0 Å². The smallest absolute Gasteiger partial charge is 0.321 e. The van der Waals surface area contributed by atoms with Crippen LogP contribution >= 0.6 is 15.9 Å². The number of benzene rings is 2. The lowest BCUT2D eigenvalue weighted by molar-refractivity contribution is 0.208. The molecule has 3 rings (SSSR count). The minimum absolute atomic E-state index is 0.101. The summed E-state index contributed by atoms with van der Waals surface area (Å²) in [6.45, 7) is 2.73. The fourth-order valence-electron chi connectivity index (χ4n) is 2.58. The summed E-state index contributed by atoms with van der Waals surface area (Å²) in [6.07, 6.45) is 0. The van der Waals surface area contributed by atoms with Crippen LogP contribution in [0.3, 0.4) is 0 Å². The Balaban J connectivity index is 1.57. The van der Waals surface area contributed by atoms with Crippen molar-refractivity contribution < 1.29 is 9.18 Å². The Morgan fingerprint density at radius 2 is 1.65 bits per heavy atom. The molecule has 2 aromatic rings. The van der Waals surface area contributed by atoms with Crippen LogP contribution in [0, 0.1) is 5.82 Å². The van der Waals surface area contributed by atoms with Crippen molar-refractivity contribution in [2.75, 3.05) is 36.4 Å². The molecule has 1 heterocycles. The number of hydrogen-bond donors (Lipinski definition) is 1. The zero-order chi connectivity index (χ0) is 16.2. The average Bonchev–Trinajstić information content (AvgIpc) is 2.58. The van der Waals surface area contributed by atoms with Gasteiger partial charge in [-0.2, -0.15) is 0 Å². The molecular weight excluding hydrogens is 361 g/mol. The third kappa shape index (κ3) is 3.82. The highest BCUT2D eigenvalue weighted by Gasteiger charge is 2.21. The maximum atomic E-state index is 13.0. The number of piperazine rings is 1. The molecule has 0 unspecified atom stereocenters. The van der Waals surface area contributed by atoms with E-state index in [1.807, 2.05) is 24.3 Å². The van der Waals surface area contributed by atoms with E-state index in [1.54, 1.807) is 17.0 Å². The molecule has 1 saturated heterocycles. The Labute approximate surface area is 143 Å². The molecule has 0 saturated carbocycles. The van der Waals surface area contributed by atoms with Crippen LogP contribution in [0.25, 0.3) is 0 Å². The lowest BCUT2D eigenvalue weighted by atomic mass is 10.2. The number of urea groups is 1. The first-order chi connectivity index (χ1) is 11.1. The summed E-state index contributed by atoms with van der Waals surface area (Å²) in [5, 5.41) is 2.91. The minimum Gasteiger partial charge on any atom is -0.368 e. The van der Waals surface area contributed by atoms with Gasteiger partial charge in [-0.25, -0.2) is 9.18 Å². The number of amides is 2. The van der Waals surface area contributed by atoms with Crippen LogP contribution in [0.1, 0.15) is 0 Å². The molecule has 2 aromatic carbocycles. The van der Waals surface area contributed by atoms with E-state index in [9.17, 15) is 9.18 Å². The summed E-state index contributed by atoms with van der Waals surface area (Å²) >= 11 is 3.42. The Hall–Kier alpha value is -2.08. The van der Waals surface area contributed by atoms with E-state index in [-0.39, 0.29) is 11.8 Å². The largest absolute Gasteiger partial charge is 0.368 e. The van der Waals surface area contributed by atoms with E-state index in [2.05, 4.69) is 26.1 Å². The monoisotopic (exact) mass is 377 g/mol. The molecule has 1 fully saturated rings. The van der Waals surface area contributed by atoms with Gasteiger partial charge in [0, 0.05) is 36.3 Å². The fourth-order valence-corrected chi connectivity index (χ4v) is 2.96. The summed E-state index contributed by atoms with van der Waals surface area (Å²) in [5.41, 5.74) is 1.75. The van der Waals surface area contributed by atoms with E-state index < -0.39 is 0 Å².